The lowest BCUT2D eigenvalue weighted by molar-refractivity contribution is 0.286. The van der Waals surface area contributed by atoms with Crippen molar-refractivity contribution in [2.75, 3.05) is 12.8 Å². The van der Waals surface area contributed by atoms with Crippen molar-refractivity contribution in [3.63, 3.8) is 0 Å². The summed E-state index contributed by atoms with van der Waals surface area (Å²) in [5.41, 5.74) is 1.28. The molecule has 1 fully saturated rings. The predicted octanol–water partition coefficient (Wildman–Crippen LogP) is 3.80. The SMILES string of the molecule is CSC(C)(C)CNC1CC(c2ccc(F)cc2)C1. The molecule has 0 bridgehead atoms. The summed E-state index contributed by atoms with van der Waals surface area (Å²) in [5.74, 6) is 0.468. The Bertz CT molecular complexity index is 382. The van der Waals surface area contributed by atoms with E-state index in [1.54, 1.807) is 12.1 Å². The second-order valence-electron chi connectivity index (χ2n) is 5.76. The van der Waals surface area contributed by atoms with Gasteiger partial charge in [0.2, 0.25) is 0 Å². The van der Waals surface area contributed by atoms with Crippen LogP contribution >= 0.6 is 11.8 Å². The molecule has 3 heteroatoms. The van der Waals surface area contributed by atoms with Gasteiger partial charge in [-0.2, -0.15) is 11.8 Å². The normalized spacial score (nSPS) is 23.8. The van der Waals surface area contributed by atoms with Crippen LogP contribution in [0, 0.1) is 5.82 Å². The fourth-order valence-electron chi connectivity index (χ4n) is 2.25. The van der Waals surface area contributed by atoms with Crippen molar-refractivity contribution in [1.29, 1.82) is 0 Å². The molecule has 0 radical (unpaired) electrons. The number of hydrogen-bond acceptors (Lipinski definition) is 2. The monoisotopic (exact) mass is 267 g/mol. The Morgan fingerprint density at radius 3 is 2.44 bits per heavy atom. The molecule has 1 aliphatic carbocycles. The van der Waals surface area contributed by atoms with Crippen molar-refractivity contribution >= 4 is 11.8 Å². The maximum Gasteiger partial charge on any atom is 0.123 e. The highest BCUT2D eigenvalue weighted by Gasteiger charge is 2.31. The second kappa shape index (κ2) is 5.62. The number of rotatable bonds is 5. The number of thioether (sulfide) groups is 1. The van der Waals surface area contributed by atoms with E-state index < -0.39 is 0 Å². The van der Waals surface area contributed by atoms with Crippen molar-refractivity contribution in [3.8, 4) is 0 Å². The van der Waals surface area contributed by atoms with Crippen molar-refractivity contribution in [1.82, 2.24) is 5.32 Å². The minimum absolute atomic E-state index is 0.144. The average Bonchev–Trinajstić information content (AvgIpc) is 2.29. The smallest absolute Gasteiger partial charge is 0.123 e. The lowest BCUT2D eigenvalue weighted by atomic mass is 9.76. The van der Waals surface area contributed by atoms with E-state index in [0.717, 1.165) is 6.54 Å². The summed E-state index contributed by atoms with van der Waals surface area (Å²) in [6.45, 7) is 5.58. The molecule has 1 saturated carbocycles. The van der Waals surface area contributed by atoms with Gasteiger partial charge in [0.15, 0.2) is 0 Å². The topological polar surface area (TPSA) is 12.0 Å². The van der Waals surface area contributed by atoms with E-state index in [9.17, 15) is 4.39 Å². The van der Waals surface area contributed by atoms with Crippen LogP contribution in [0.4, 0.5) is 4.39 Å². The van der Waals surface area contributed by atoms with Gasteiger partial charge >= 0.3 is 0 Å². The van der Waals surface area contributed by atoms with Crippen LogP contribution < -0.4 is 5.32 Å². The Hall–Kier alpha value is -0.540. The Morgan fingerprint density at radius 1 is 1.28 bits per heavy atom. The molecule has 1 nitrogen and oxygen atoms in total. The zero-order chi connectivity index (χ0) is 13.2. The third-order valence-corrected chi connectivity index (χ3v) is 5.10. The van der Waals surface area contributed by atoms with Gasteiger partial charge < -0.3 is 5.32 Å². The van der Waals surface area contributed by atoms with Crippen molar-refractivity contribution in [2.24, 2.45) is 0 Å². The van der Waals surface area contributed by atoms with Crippen LogP contribution in [0.5, 0.6) is 0 Å². The third kappa shape index (κ3) is 3.48. The highest BCUT2D eigenvalue weighted by Crippen LogP contribution is 2.37. The van der Waals surface area contributed by atoms with Gasteiger partial charge in [-0.05, 0) is 56.6 Å². The summed E-state index contributed by atoms with van der Waals surface area (Å²) >= 11 is 1.90. The van der Waals surface area contributed by atoms with E-state index in [-0.39, 0.29) is 5.82 Å². The molecule has 0 aliphatic heterocycles. The molecule has 0 saturated heterocycles. The quantitative estimate of drug-likeness (QED) is 0.871. The Kier molecular flexibility index (Phi) is 4.33. The van der Waals surface area contributed by atoms with Gasteiger partial charge in [0, 0.05) is 17.3 Å². The zero-order valence-corrected chi connectivity index (χ0v) is 12.2. The first-order chi connectivity index (χ1) is 8.50. The summed E-state index contributed by atoms with van der Waals surface area (Å²) in [4.78, 5) is 0. The third-order valence-electron chi connectivity index (χ3n) is 3.85. The summed E-state index contributed by atoms with van der Waals surface area (Å²) < 4.78 is 13.1. The summed E-state index contributed by atoms with van der Waals surface area (Å²) in [6.07, 6.45) is 4.51. The van der Waals surface area contributed by atoms with E-state index in [0.29, 0.717) is 16.7 Å². The van der Waals surface area contributed by atoms with Crippen molar-refractivity contribution < 1.29 is 4.39 Å². The Balaban J connectivity index is 1.75. The van der Waals surface area contributed by atoms with Crippen molar-refractivity contribution in [2.45, 2.75) is 43.4 Å². The molecule has 18 heavy (non-hydrogen) atoms. The number of hydrogen-bond donors (Lipinski definition) is 1. The fourth-order valence-corrected chi connectivity index (χ4v) is 2.48. The van der Waals surface area contributed by atoms with E-state index in [1.807, 2.05) is 23.9 Å². The van der Waals surface area contributed by atoms with Gasteiger partial charge in [-0.15, -0.1) is 0 Å². The van der Waals surface area contributed by atoms with Crippen LogP contribution in [-0.4, -0.2) is 23.6 Å². The van der Waals surface area contributed by atoms with E-state index in [2.05, 4.69) is 25.4 Å². The highest BCUT2D eigenvalue weighted by atomic mass is 32.2. The lowest BCUT2D eigenvalue weighted by Crippen LogP contribution is -2.45. The van der Waals surface area contributed by atoms with Crippen LogP contribution in [0.3, 0.4) is 0 Å². The van der Waals surface area contributed by atoms with Gasteiger partial charge in [-0.1, -0.05) is 12.1 Å². The largest absolute Gasteiger partial charge is 0.313 e. The Labute approximate surface area is 114 Å². The molecular formula is C15H22FNS. The molecule has 0 aromatic heterocycles. The molecule has 1 N–H and O–H groups in total. The molecule has 100 valence electrons. The molecule has 0 unspecified atom stereocenters. The zero-order valence-electron chi connectivity index (χ0n) is 11.4. The van der Waals surface area contributed by atoms with E-state index >= 15 is 0 Å². The van der Waals surface area contributed by atoms with E-state index in [1.165, 1.54) is 18.4 Å². The molecule has 1 aromatic carbocycles. The first-order valence-corrected chi connectivity index (χ1v) is 7.76. The number of benzene rings is 1. The molecular weight excluding hydrogens is 245 g/mol. The second-order valence-corrected chi connectivity index (χ2v) is 7.27. The van der Waals surface area contributed by atoms with Gasteiger partial charge in [-0.3, -0.25) is 0 Å². The first-order valence-electron chi connectivity index (χ1n) is 6.54. The van der Waals surface area contributed by atoms with Crippen molar-refractivity contribution in [3.05, 3.63) is 35.6 Å². The van der Waals surface area contributed by atoms with Gasteiger partial charge in [0.1, 0.15) is 5.82 Å². The summed E-state index contributed by atoms with van der Waals surface area (Å²) in [5, 5.41) is 3.63. The maximum absolute atomic E-state index is 12.8. The lowest BCUT2D eigenvalue weighted by Gasteiger charge is -2.38. The van der Waals surface area contributed by atoms with Crippen LogP contribution in [-0.2, 0) is 0 Å². The molecule has 1 aliphatic rings. The molecule has 0 atom stereocenters. The van der Waals surface area contributed by atoms with Crippen LogP contribution in [0.2, 0.25) is 0 Å². The van der Waals surface area contributed by atoms with Crippen LogP contribution in [0.1, 0.15) is 38.2 Å². The average molecular weight is 267 g/mol. The van der Waals surface area contributed by atoms with Gasteiger partial charge in [0.25, 0.3) is 0 Å². The maximum atomic E-state index is 12.8. The minimum Gasteiger partial charge on any atom is -0.313 e. The molecule has 0 heterocycles. The molecule has 0 spiro atoms. The highest BCUT2D eigenvalue weighted by molar-refractivity contribution is 7.99. The standard InChI is InChI=1S/C15H22FNS/c1-15(2,18-3)10-17-14-8-12(9-14)11-4-6-13(16)7-5-11/h4-7,12,14,17H,8-10H2,1-3H3. The summed E-state index contributed by atoms with van der Waals surface area (Å²) in [7, 11) is 0. The van der Waals surface area contributed by atoms with Crippen LogP contribution in [0.15, 0.2) is 24.3 Å². The van der Waals surface area contributed by atoms with Gasteiger partial charge in [-0.25, -0.2) is 4.39 Å². The minimum atomic E-state index is -0.144. The van der Waals surface area contributed by atoms with Crippen LogP contribution in [0.25, 0.3) is 0 Å². The Morgan fingerprint density at radius 2 is 1.89 bits per heavy atom. The first kappa shape index (κ1) is 13.9. The number of nitrogens with one attached hydrogen (secondary N) is 1. The fraction of sp³-hybridized carbons (Fsp3) is 0.600. The molecule has 2 rings (SSSR count). The molecule has 1 aromatic rings. The van der Waals surface area contributed by atoms with Gasteiger partial charge in [0.05, 0.1) is 0 Å². The van der Waals surface area contributed by atoms with E-state index in [4.69, 9.17) is 0 Å². The number of halogens is 1. The predicted molar refractivity (Wildman–Crippen MR) is 77.8 cm³/mol. The molecule has 0 amide bonds. The summed E-state index contributed by atoms with van der Waals surface area (Å²) in [6, 6.07) is 7.59.